The lowest BCUT2D eigenvalue weighted by molar-refractivity contribution is 0.0967. The van der Waals surface area contributed by atoms with E-state index < -0.39 is 0 Å². The van der Waals surface area contributed by atoms with Crippen LogP contribution in [0.5, 0.6) is 0 Å². The SMILES string of the molecule is N[C@H]1CCCc2cccnc21.O/N=C1/CCCc2cccnc21.O=C1CCCc2cccnc21.c1cnc2c(c1)CCCC2. The van der Waals surface area contributed by atoms with Crippen molar-refractivity contribution in [1.82, 2.24) is 19.9 Å². The number of fused-ring (bicyclic) bond motifs is 4. The quantitative estimate of drug-likeness (QED) is 0.175. The third-order valence-electron chi connectivity index (χ3n) is 8.48. The van der Waals surface area contributed by atoms with Gasteiger partial charge in [-0.1, -0.05) is 29.4 Å². The monoisotopic (exact) mass is 590 g/mol. The molecule has 0 saturated carbocycles. The Hall–Kier alpha value is -4.30. The molecule has 44 heavy (non-hydrogen) atoms. The van der Waals surface area contributed by atoms with E-state index in [-0.39, 0.29) is 11.8 Å². The number of rotatable bonds is 0. The van der Waals surface area contributed by atoms with Gasteiger partial charge < -0.3 is 10.9 Å². The second-order valence-electron chi connectivity index (χ2n) is 11.6. The van der Waals surface area contributed by atoms with Crippen LogP contribution in [0.25, 0.3) is 0 Å². The van der Waals surface area contributed by atoms with Crippen molar-refractivity contribution < 1.29 is 10.0 Å². The number of carbonyl (C=O) groups is 1. The van der Waals surface area contributed by atoms with E-state index >= 15 is 0 Å². The Bertz CT molecular complexity index is 1540. The Morgan fingerprint density at radius 1 is 0.614 bits per heavy atom. The van der Waals surface area contributed by atoms with Crippen LogP contribution in [0.2, 0.25) is 0 Å². The van der Waals surface area contributed by atoms with Crippen molar-refractivity contribution in [1.29, 1.82) is 0 Å². The molecule has 1 atom stereocenters. The van der Waals surface area contributed by atoms with Gasteiger partial charge in [-0.3, -0.25) is 24.7 Å². The zero-order chi connectivity index (χ0) is 30.6. The van der Waals surface area contributed by atoms with Gasteiger partial charge >= 0.3 is 0 Å². The number of aryl methyl sites for hydroxylation is 5. The van der Waals surface area contributed by atoms with Gasteiger partial charge in [-0.05, 0) is 124 Å². The number of pyridine rings is 4. The maximum atomic E-state index is 11.2. The highest BCUT2D eigenvalue weighted by Crippen LogP contribution is 2.25. The minimum Gasteiger partial charge on any atom is -0.411 e. The molecule has 0 aliphatic heterocycles. The maximum absolute atomic E-state index is 11.2. The normalized spacial score (nSPS) is 18.7. The van der Waals surface area contributed by atoms with E-state index in [9.17, 15) is 4.79 Å². The van der Waals surface area contributed by atoms with Gasteiger partial charge in [-0.2, -0.15) is 0 Å². The Morgan fingerprint density at radius 3 is 1.89 bits per heavy atom. The Morgan fingerprint density at radius 2 is 1.18 bits per heavy atom. The standard InChI is InChI=1S/C9H10N2O.C9H12N2.C9H9NO.C9H11N/c12-11-8-5-1-3-7-4-2-6-10-9(7)8;10-8-5-1-3-7-4-2-6-11-9(7)8;11-8-5-1-3-7-4-2-6-10-9(7)8;1-2-6-9-8(4-1)5-3-7-10-9/h2,4,6,12H,1,3,5H2;2,4,6,8H,1,3,5,10H2;2,4,6H,1,3,5H2;3,5,7H,1-2,4,6H2/b11-8-;;;/t;8-;;/m.0../s1. The Balaban J connectivity index is 0.000000117. The van der Waals surface area contributed by atoms with Crippen LogP contribution < -0.4 is 5.73 Å². The number of hydrogen-bond donors (Lipinski definition) is 2. The highest BCUT2D eigenvalue weighted by molar-refractivity contribution is 6.00. The average molecular weight is 591 g/mol. The lowest BCUT2D eigenvalue weighted by Crippen LogP contribution is -2.18. The molecule has 8 heteroatoms. The van der Waals surface area contributed by atoms with E-state index in [4.69, 9.17) is 10.9 Å². The summed E-state index contributed by atoms with van der Waals surface area (Å²) in [6.07, 6.45) is 21.3. The molecular weight excluding hydrogens is 548 g/mol. The summed E-state index contributed by atoms with van der Waals surface area (Å²) >= 11 is 0. The number of nitrogens with two attached hydrogens (primary N) is 1. The van der Waals surface area contributed by atoms with Gasteiger partial charge in [0.1, 0.15) is 11.4 Å². The molecule has 8 rings (SSSR count). The molecule has 0 unspecified atom stereocenters. The van der Waals surface area contributed by atoms with Crippen molar-refractivity contribution in [2.75, 3.05) is 0 Å². The summed E-state index contributed by atoms with van der Waals surface area (Å²) in [4.78, 5) is 28.0. The predicted octanol–water partition coefficient (Wildman–Crippen LogP) is 6.57. The first-order chi connectivity index (χ1) is 21.6. The van der Waals surface area contributed by atoms with Gasteiger partial charge in [0.2, 0.25) is 0 Å². The van der Waals surface area contributed by atoms with E-state index in [1.54, 1.807) is 12.4 Å². The third kappa shape index (κ3) is 8.20. The van der Waals surface area contributed by atoms with Gasteiger partial charge in [-0.25, -0.2) is 0 Å². The number of nitrogens with zero attached hydrogens (tertiary/aromatic N) is 5. The van der Waals surface area contributed by atoms with E-state index in [0.29, 0.717) is 12.1 Å². The summed E-state index contributed by atoms with van der Waals surface area (Å²) in [6, 6.07) is 16.3. The van der Waals surface area contributed by atoms with E-state index in [0.717, 1.165) is 67.6 Å². The molecule has 0 aromatic carbocycles. The average Bonchev–Trinajstić information content (AvgIpc) is 3.09. The second kappa shape index (κ2) is 16.0. The van der Waals surface area contributed by atoms with Crippen molar-refractivity contribution in [3.05, 3.63) is 118 Å². The number of aromatic nitrogens is 4. The maximum Gasteiger partial charge on any atom is 0.181 e. The van der Waals surface area contributed by atoms with Crippen LogP contribution in [0.4, 0.5) is 0 Å². The van der Waals surface area contributed by atoms with Crippen LogP contribution in [-0.4, -0.2) is 36.6 Å². The minimum atomic E-state index is 0.181. The first kappa shape index (κ1) is 31.1. The van der Waals surface area contributed by atoms with E-state index in [1.165, 1.54) is 54.5 Å². The molecule has 4 aromatic rings. The molecule has 3 N–H and O–H groups in total. The van der Waals surface area contributed by atoms with Gasteiger partial charge in [0.15, 0.2) is 5.78 Å². The van der Waals surface area contributed by atoms with Crippen molar-refractivity contribution in [2.24, 2.45) is 10.9 Å². The second-order valence-corrected chi connectivity index (χ2v) is 11.6. The fourth-order valence-corrected chi connectivity index (χ4v) is 6.19. The molecule has 4 aromatic heterocycles. The summed E-state index contributed by atoms with van der Waals surface area (Å²) in [6.45, 7) is 0. The molecular formula is C36H42N6O2. The summed E-state index contributed by atoms with van der Waals surface area (Å²) in [5.41, 5.74) is 15.7. The molecule has 4 aliphatic carbocycles. The molecule has 0 fully saturated rings. The van der Waals surface area contributed by atoms with Gasteiger partial charge in [0.05, 0.1) is 11.4 Å². The molecule has 4 heterocycles. The van der Waals surface area contributed by atoms with Gasteiger partial charge in [0, 0.05) is 42.9 Å². The summed E-state index contributed by atoms with van der Waals surface area (Å²) in [7, 11) is 0. The van der Waals surface area contributed by atoms with Crippen LogP contribution in [0.15, 0.2) is 78.5 Å². The number of ketones is 1. The smallest absolute Gasteiger partial charge is 0.181 e. The van der Waals surface area contributed by atoms with Crippen LogP contribution >= 0.6 is 0 Å². The van der Waals surface area contributed by atoms with Crippen molar-refractivity contribution in [3.63, 3.8) is 0 Å². The van der Waals surface area contributed by atoms with Crippen molar-refractivity contribution in [3.8, 4) is 0 Å². The first-order valence-electron chi connectivity index (χ1n) is 15.9. The van der Waals surface area contributed by atoms with Crippen LogP contribution in [0.3, 0.4) is 0 Å². The number of hydrogen-bond acceptors (Lipinski definition) is 8. The number of Topliss-reactive ketones (excluding diaryl/α,β-unsaturated/α-hetero) is 1. The lowest BCUT2D eigenvalue weighted by Gasteiger charge is -2.19. The van der Waals surface area contributed by atoms with Gasteiger partial charge in [-0.15, -0.1) is 0 Å². The van der Waals surface area contributed by atoms with Gasteiger partial charge in [0.25, 0.3) is 0 Å². The van der Waals surface area contributed by atoms with Crippen molar-refractivity contribution in [2.45, 2.75) is 89.5 Å². The lowest BCUT2D eigenvalue weighted by atomic mass is 9.93. The topological polar surface area (TPSA) is 127 Å². The zero-order valence-corrected chi connectivity index (χ0v) is 25.4. The van der Waals surface area contributed by atoms with E-state index in [1.807, 2.05) is 48.8 Å². The summed E-state index contributed by atoms with van der Waals surface area (Å²) in [5.74, 6) is 0.201. The predicted molar refractivity (Wildman–Crippen MR) is 172 cm³/mol. The molecule has 0 amide bonds. The fraction of sp³-hybridized carbons (Fsp3) is 0.389. The van der Waals surface area contributed by atoms with E-state index in [2.05, 4.69) is 37.2 Å². The summed E-state index contributed by atoms with van der Waals surface area (Å²) < 4.78 is 0. The number of carbonyl (C=O) groups excluding carboxylic acids is 1. The Kier molecular flexibility index (Phi) is 11.3. The number of oxime groups is 1. The van der Waals surface area contributed by atoms with Crippen LogP contribution in [0, 0.1) is 0 Å². The molecule has 228 valence electrons. The highest BCUT2D eigenvalue weighted by atomic mass is 16.4. The summed E-state index contributed by atoms with van der Waals surface area (Å²) in [5, 5.41) is 11.9. The Labute approximate surface area is 259 Å². The van der Waals surface area contributed by atoms with Crippen molar-refractivity contribution >= 4 is 11.5 Å². The molecule has 8 nitrogen and oxygen atoms in total. The molecule has 0 saturated heterocycles. The fourth-order valence-electron chi connectivity index (χ4n) is 6.19. The first-order valence-corrected chi connectivity index (χ1v) is 15.9. The molecule has 0 radical (unpaired) electrons. The molecule has 0 spiro atoms. The largest absolute Gasteiger partial charge is 0.411 e. The van der Waals surface area contributed by atoms with Crippen LogP contribution in [-0.2, 0) is 32.1 Å². The third-order valence-corrected chi connectivity index (χ3v) is 8.48. The zero-order valence-electron chi connectivity index (χ0n) is 25.4. The highest BCUT2D eigenvalue weighted by Gasteiger charge is 2.18. The minimum absolute atomic E-state index is 0.181. The van der Waals surface area contributed by atoms with Crippen LogP contribution in [0.1, 0.15) is 107 Å². The molecule has 0 bridgehead atoms. The molecule has 4 aliphatic rings.